The van der Waals surface area contributed by atoms with Gasteiger partial charge in [0.15, 0.2) is 0 Å². The van der Waals surface area contributed by atoms with E-state index in [1.165, 1.54) is 18.9 Å². The van der Waals surface area contributed by atoms with E-state index in [1.807, 2.05) is 25.0 Å². The molecule has 0 unspecified atom stereocenters. The molecular formula is C22H24BrFN4O. The zero-order chi connectivity index (χ0) is 20.5. The average molecular weight is 459 g/mol. The number of aromatic nitrogens is 4. The Balaban J connectivity index is 1.57. The van der Waals surface area contributed by atoms with Crippen LogP contribution in [0.5, 0.6) is 0 Å². The zero-order valence-corrected chi connectivity index (χ0v) is 18.2. The predicted octanol–water partition coefficient (Wildman–Crippen LogP) is 4.20. The minimum Gasteiger partial charge on any atom is -0.303 e. The second-order valence-corrected chi connectivity index (χ2v) is 8.60. The van der Waals surface area contributed by atoms with Crippen molar-refractivity contribution in [3.05, 3.63) is 57.2 Å². The molecule has 152 valence electrons. The fourth-order valence-electron chi connectivity index (χ4n) is 3.83. The molecule has 0 atom stereocenters. The number of hydrogen-bond acceptors (Lipinski definition) is 3. The Morgan fingerprint density at radius 2 is 2.03 bits per heavy atom. The van der Waals surface area contributed by atoms with Crippen molar-refractivity contribution in [2.24, 2.45) is 20.0 Å². The molecular weight excluding hydrogens is 435 g/mol. The third kappa shape index (κ3) is 4.20. The summed E-state index contributed by atoms with van der Waals surface area (Å²) in [5.74, 6) is 0.451. The second-order valence-electron chi connectivity index (χ2n) is 7.81. The van der Waals surface area contributed by atoms with Gasteiger partial charge in [-0.15, -0.1) is 0 Å². The van der Waals surface area contributed by atoms with Crippen LogP contribution in [0, 0.1) is 11.7 Å². The first-order valence-corrected chi connectivity index (χ1v) is 10.7. The minimum atomic E-state index is -0.331. The first-order chi connectivity index (χ1) is 14.0. The molecule has 5 nitrogen and oxygen atoms in total. The van der Waals surface area contributed by atoms with E-state index in [-0.39, 0.29) is 12.2 Å². The Bertz CT molecular complexity index is 1050. The lowest BCUT2D eigenvalue weighted by Gasteiger charge is -2.09. The number of benzene rings is 1. The van der Waals surface area contributed by atoms with Gasteiger partial charge in [0.2, 0.25) is 0 Å². The number of aldehydes is 1. The fraction of sp³-hybridized carbons (Fsp3) is 0.409. The van der Waals surface area contributed by atoms with Gasteiger partial charge in [0.25, 0.3) is 0 Å². The fourth-order valence-corrected chi connectivity index (χ4v) is 4.53. The van der Waals surface area contributed by atoms with E-state index in [9.17, 15) is 9.18 Å². The molecule has 1 aromatic carbocycles. The maximum absolute atomic E-state index is 14.7. The van der Waals surface area contributed by atoms with Crippen molar-refractivity contribution in [2.75, 3.05) is 0 Å². The Labute approximate surface area is 178 Å². The predicted molar refractivity (Wildman–Crippen MR) is 113 cm³/mol. The number of hydrogen-bond donors (Lipinski definition) is 0. The maximum atomic E-state index is 14.7. The van der Waals surface area contributed by atoms with Gasteiger partial charge in [0.1, 0.15) is 12.1 Å². The van der Waals surface area contributed by atoms with Gasteiger partial charge in [-0.1, -0.05) is 6.07 Å². The molecule has 4 rings (SSSR count). The standard InChI is InChI=1S/C22H24BrFN4O/c1-27-20(21(23)19(26-27)12-14-3-4-14)8-6-16-13-25-28(2)22(16)17-7-5-15(9-10-29)11-18(17)24/h5,7,10-11,13-14H,3-4,6,8-9,12H2,1-2H3. The van der Waals surface area contributed by atoms with Crippen LogP contribution in [-0.4, -0.2) is 25.8 Å². The second kappa shape index (κ2) is 8.22. The summed E-state index contributed by atoms with van der Waals surface area (Å²) in [6.45, 7) is 0. The molecule has 0 bridgehead atoms. The van der Waals surface area contributed by atoms with Gasteiger partial charge in [-0.2, -0.15) is 10.2 Å². The molecule has 1 fully saturated rings. The van der Waals surface area contributed by atoms with Crippen LogP contribution in [0.3, 0.4) is 0 Å². The summed E-state index contributed by atoms with van der Waals surface area (Å²) in [7, 11) is 3.80. The number of rotatable bonds is 8. The summed E-state index contributed by atoms with van der Waals surface area (Å²) in [5, 5.41) is 9.05. The lowest BCUT2D eigenvalue weighted by molar-refractivity contribution is -0.107. The lowest BCUT2D eigenvalue weighted by Crippen LogP contribution is -2.03. The van der Waals surface area contributed by atoms with E-state index in [4.69, 9.17) is 5.10 Å². The summed E-state index contributed by atoms with van der Waals surface area (Å²) in [4.78, 5) is 10.7. The number of nitrogens with zero attached hydrogens (tertiary/aromatic N) is 4. The summed E-state index contributed by atoms with van der Waals surface area (Å²) < 4.78 is 19.5. The van der Waals surface area contributed by atoms with Crippen molar-refractivity contribution in [3.63, 3.8) is 0 Å². The molecule has 1 aliphatic carbocycles. The molecule has 0 amide bonds. The highest BCUT2D eigenvalue weighted by atomic mass is 79.9. The summed E-state index contributed by atoms with van der Waals surface area (Å²) in [5.41, 5.74) is 5.23. The number of aryl methyl sites for hydroxylation is 3. The van der Waals surface area contributed by atoms with Crippen LogP contribution in [0.25, 0.3) is 11.3 Å². The molecule has 7 heteroatoms. The van der Waals surface area contributed by atoms with Crippen LogP contribution in [0.2, 0.25) is 0 Å². The molecule has 29 heavy (non-hydrogen) atoms. The Morgan fingerprint density at radius 1 is 1.24 bits per heavy atom. The van der Waals surface area contributed by atoms with E-state index in [1.54, 1.807) is 16.8 Å². The van der Waals surface area contributed by atoms with Gasteiger partial charge in [-0.25, -0.2) is 4.39 Å². The average Bonchev–Trinajstić information content (AvgIpc) is 3.37. The van der Waals surface area contributed by atoms with Gasteiger partial charge >= 0.3 is 0 Å². The third-order valence-electron chi connectivity index (χ3n) is 5.60. The van der Waals surface area contributed by atoms with Crippen molar-refractivity contribution in [2.45, 2.75) is 38.5 Å². The van der Waals surface area contributed by atoms with E-state index in [2.05, 4.69) is 21.0 Å². The first kappa shape index (κ1) is 20.0. The molecule has 3 aromatic rings. The van der Waals surface area contributed by atoms with Crippen LogP contribution in [0.4, 0.5) is 4.39 Å². The van der Waals surface area contributed by atoms with Crippen LogP contribution in [-0.2, 0) is 44.6 Å². The number of halogens is 2. The summed E-state index contributed by atoms with van der Waals surface area (Å²) in [6.07, 6.45) is 7.97. The topological polar surface area (TPSA) is 52.7 Å². The Hall–Kier alpha value is -2.28. The molecule has 2 heterocycles. The zero-order valence-electron chi connectivity index (χ0n) is 16.7. The molecule has 0 radical (unpaired) electrons. The van der Waals surface area contributed by atoms with Crippen molar-refractivity contribution < 1.29 is 9.18 Å². The smallest absolute Gasteiger partial charge is 0.132 e. The Kier molecular flexibility index (Phi) is 5.67. The van der Waals surface area contributed by atoms with E-state index in [0.29, 0.717) is 11.1 Å². The van der Waals surface area contributed by atoms with Gasteiger partial charge in [0, 0.05) is 26.1 Å². The highest BCUT2D eigenvalue weighted by molar-refractivity contribution is 9.10. The van der Waals surface area contributed by atoms with Crippen LogP contribution in [0.1, 0.15) is 35.4 Å². The quantitative estimate of drug-likeness (QED) is 0.475. The van der Waals surface area contributed by atoms with Crippen molar-refractivity contribution in [1.29, 1.82) is 0 Å². The number of carbonyl (C=O) groups excluding carboxylic acids is 1. The third-order valence-corrected chi connectivity index (χ3v) is 6.52. The normalized spacial score (nSPS) is 13.8. The highest BCUT2D eigenvalue weighted by Crippen LogP contribution is 2.35. The summed E-state index contributed by atoms with van der Waals surface area (Å²) >= 11 is 3.74. The van der Waals surface area contributed by atoms with Crippen LogP contribution in [0.15, 0.2) is 28.9 Å². The molecule has 0 N–H and O–H groups in total. The largest absolute Gasteiger partial charge is 0.303 e. The molecule has 2 aromatic heterocycles. The molecule has 0 spiro atoms. The lowest BCUT2D eigenvalue weighted by atomic mass is 10.0. The van der Waals surface area contributed by atoms with E-state index >= 15 is 0 Å². The van der Waals surface area contributed by atoms with Crippen molar-refractivity contribution >= 4 is 22.2 Å². The molecule has 1 aliphatic rings. The Morgan fingerprint density at radius 3 is 2.72 bits per heavy atom. The highest BCUT2D eigenvalue weighted by Gasteiger charge is 2.25. The van der Waals surface area contributed by atoms with Crippen LogP contribution >= 0.6 is 15.9 Å². The first-order valence-electron chi connectivity index (χ1n) is 9.91. The minimum absolute atomic E-state index is 0.215. The SMILES string of the molecule is Cn1nc(CC2CC2)c(Br)c1CCc1cnn(C)c1-c1ccc(CC=O)cc1F. The van der Waals surface area contributed by atoms with Gasteiger partial charge in [-0.3, -0.25) is 9.36 Å². The number of carbonyl (C=O) groups is 1. The van der Waals surface area contributed by atoms with E-state index in [0.717, 1.165) is 58.6 Å². The summed E-state index contributed by atoms with van der Waals surface area (Å²) in [6, 6.07) is 4.97. The van der Waals surface area contributed by atoms with Crippen molar-refractivity contribution in [1.82, 2.24) is 19.6 Å². The molecule has 1 saturated carbocycles. The van der Waals surface area contributed by atoms with Gasteiger partial charge in [-0.05, 0) is 77.2 Å². The van der Waals surface area contributed by atoms with Gasteiger partial charge < -0.3 is 4.79 Å². The molecule has 0 aliphatic heterocycles. The monoisotopic (exact) mass is 458 g/mol. The maximum Gasteiger partial charge on any atom is 0.132 e. The van der Waals surface area contributed by atoms with Crippen molar-refractivity contribution in [3.8, 4) is 11.3 Å². The van der Waals surface area contributed by atoms with Gasteiger partial charge in [0.05, 0.1) is 27.8 Å². The van der Waals surface area contributed by atoms with E-state index < -0.39 is 0 Å². The molecule has 0 saturated heterocycles. The van der Waals surface area contributed by atoms with Crippen LogP contribution < -0.4 is 0 Å².